The van der Waals surface area contributed by atoms with Crippen molar-refractivity contribution in [1.29, 1.82) is 0 Å². The molecule has 0 fully saturated rings. The Labute approximate surface area is 106 Å². The highest BCUT2D eigenvalue weighted by Gasteiger charge is 2.22. The Bertz CT molecular complexity index is 572. The predicted octanol–water partition coefficient (Wildman–Crippen LogP) is 2.81. The summed E-state index contributed by atoms with van der Waals surface area (Å²) in [4.78, 5) is 14.2. The molecular weight excluding hydrogens is 230 g/mol. The molecule has 90 valence electrons. The van der Waals surface area contributed by atoms with Gasteiger partial charge in [-0.15, -0.1) is 11.3 Å². The van der Waals surface area contributed by atoms with Crippen molar-refractivity contribution >= 4 is 27.4 Å². The van der Waals surface area contributed by atoms with Gasteiger partial charge in [0, 0.05) is 25.4 Å². The highest BCUT2D eigenvalue weighted by Crippen LogP contribution is 2.40. The monoisotopic (exact) mass is 247 g/mol. The zero-order chi connectivity index (χ0) is 12.0. The number of hydrogen-bond donors (Lipinski definition) is 0. The SMILES string of the molecule is CCc1nc(N(C)C)c2c3c(sc2n1)CCC3. The molecule has 2 aromatic heterocycles. The number of nitrogens with zero attached hydrogens (tertiary/aromatic N) is 3. The molecule has 0 atom stereocenters. The fraction of sp³-hybridized carbons (Fsp3) is 0.538. The van der Waals surface area contributed by atoms with Crippen molar-refractivity contribution < 1.29 is 0 Å². The molecule has 1 aliphatic carbocycles. The summed E-state index contributed by atoms with van der Waals surface area (Å²) < 4.78 is 0. The molecule has 0 amide bonds. The Morgan fingerprint density at radius 2 is 2.06 bits per heavy atom. The van der Waals surface area contributed by atoms with Crippen molar-refractivity contribution in [3.8, 4) is 0 Å². The first-order valence-electron chi connectivity index (χ1n) is 6.19. The summed E-state index contributed by atoms with van der Waals surface area (Å²) in [5.41, 5.74) is 1.51. The standard InChI is InChI=1S/C13H17N3S/c1-4-10-14-12(16(2)3)11-8-6-5-7-9(8)17-13(11)15-10/h4-7H2,1-3H3. The van der Waals surface area contributed by atoms with E-state index in [9.17, 15) is 0 Å². The van der Waals surface area contributed by atoms with E-state index in [0.29, 0.717) is 0 Å². The summed E-state index contributed by atoms with van der Waals surface area (Å²) in [7, 11) is 4.14. The topological polar surface area (TPSA) is 29.0 Å². The van der Waals surface area contributed by atoms with Gasteiger partial charge in [0.2, 0.25) is 0 Å². The van der Waals surface area contributed by atoms with Gasteiger partial charge < -0.3 is 4.90 Å². The van der Waals surface area contributed by atoms with Crippen LogP contribution in [0, 0.1) is 0 Å². The van der Waals surface area contributed by atoms with Gasteiger partial charge in [0.15, 0.2) is 0 Å². The minimum atomic E-state index is 0.902. The third-order valence-electron chi connectivity index (χ3n) is 3.33. The van der Waals surface area contributed by atoms with Crippen molar-refractivity contribution in [2.24, 2.45) is 0 Å². The van der Waals surface area contributed by atoms with Crippen molar-refractivity contribution in [3.05, 3.63) is 16.3 Å². The number of fused-ring (bicyclic) bond motifs is 3. The fourth-order valence-corrected chi connectivity index (χ4v) is 3.78. The van der Waals surface area contributed by atoms with E-state index in [1.165, 1.54) is 39.9 Å². The van der Waals surface area contributed by atoms with Crippen LogP contribution in [0.5, 0.6) is 0 Å². The van der Waals surface area contributed by atoms with Crippen molar-refractivity contribution in [3.63, 3.8) is 0 Å². The van der Waals surface area contributed by atoms with E-state index in [-0.39, 0.29) is 0 Å². The minimum absolute atomic E-state index is 0.902. The number of rotatable bonds is 2. The van der Waals surface area contributed by atoms with Crippen LogP contribution in [0.15, 0.2) is 0 Å². The van der Waals surface area contributed by atoms with Gasteiger partial charge in [-0.1, -0.05) is 6.92 Å². The van der Waals surface area contributed by atoms with E-state index < -0.39 is 0 Å². The maximum absolute atomic E-state index is 4.69. The molecule has 2 heterocycles. The first kappa shape index (κ1) is 11.0. The second-order valence-corrected chi connectivity index (χ2v) is 5.83. The molecule has 0 bridgehead atoms. The lowest BCUT2D eigenvalue weighted by molar-refractivity contribution is 0.912. The smallest absolute Gasteiger partial charge is 0.140 e. The Morgan fingerprint density at radius 3 is 2.76 bits per heavy atom. The van der Waals surface area contributed by atoms with E-state index in [2.05, 4.69) is 30.9 Å². The van der Waals surface area contributed by atoms with Gasteiger partial charge in [-0.05, 0) is 24.8 Å². The molecule has 3 nitrogen and oxygen atoms in total. The molecule has 17 heavy (non-hydrogen) atoms. The van der Waals surface area contributed by atoms with E-state index in [1.807, 2.05) is 11.3 Å². The predicted molar refractivity (Wildman–Crippen MR) is 73.1 cm³/mol. The van der Waals surface area contributed by atoms with Crippen LogP contribution in [0.3, 0.4) is 0 Å². The van der Waals surface area contributed by atoms with Crippen LogP contribution in [-0.2, 0) is 19.3 Å². The summed E-state index contributed by atoms with van der Waals surface area (Å²) in [6.07, 6.45) is 4.62. The Hall–Kier alpha value is -1.16. The maximum Gasteiger partial charge on any atom is 0.140 e. The molecule has 0 unspecified atom stereocenters. The van der Waals surface area contributed by atoms with Crippen molar-refractivity contribution in [2.45, 2.75) is 32.6 Å². The molecule has 0 aliphatic heterocycles. The molecule has 4 heteroatoms. The van der Waals surface area contributed by atoms with Gasteiger partial charge >= 0.3 is 0 Å². The molecule has 0 N–H and O–H groups in total. The summed E-state index contributed by atoms with van der Waals surface area (Å²) in [6.45, 7) is 2.11. The highest BCUT2D eigenvalue weighted by atomic mass is 32.1. The second-order valence-electron chi connectivity index (χ2n) is 4.75. The summed E-state index contributed by atoms with van der Waals surface area (Å²) >= 11 is 1.87. The highest BCUT2D eigenvalue weighted by molar-refractivity contribution is 7.19. The van der Waals surface area contributed by atoms with Gasteiger partial charge in [0.05, 0.1) is 5.39 Å². The van der Waals surface area contributed by atoms with Gasteiger partial charge in [-0.3, -0.25) is 0 Å². The third kappa shape index (κ3) is 1.62. The van der Waals surface area contributed by atoms with Gasteiger partial charge in [0.1, 0.15) is 16.5 Å². The normalized spacial score (nSPS) is 14.3. The quantitative estimate of drug-likeness (QED) is 0.817. The van der Waals surface area contributed by atoms with Crippen LogP contribution in [0.4, 0.5) is 5.82 Å². The third-order valence-corrected chi connectivity index (χ3v) is 4.52. The number of thiophene rings is 1. The Kier molecular flexibility index (Phi) is 2.54. The fourth-order valence-electron chi connectivity index (χ4n) is 2.50. The minimum Gasteiger partial charge on any atom is -0.362 e. The molecule has 0 radical (unpaired) electrons. The Balaban J connectivity index is 2.33. The molecule has 2 aromatic rings. The maximum atomic E-state index is 4.69. The first-order chi connectivity index (χ1) is 8.20. The molecule has 0 saturated heterocycles. The van der Waals surface area contributed by atoms with Crippen LogP contribution in [-0.4, -0.2) is 24.1 Å². The number of anilines is 1. The van der Waals surface area contributed by atoms with E-state index in [4.69, 9.17) is 4.98 Å². The van der Waals surface area contributed by atoms with E-state index in [0.717, 1.165) is 18.1 Å². The van der Waals surface area contributed by atoms with E-state index in [1.54, 1.807) is 0 Å². The van der Waals surface area contributed by atoms with Crippen LogP contribution < -0.4 is 4.90 Å². The van der Waals surface area contributed by atoms with Crippen LogP contribution in [0.2, 0.25) is 0 Å². The molecule has 1 aliphatic rings. The zero-order valence-electron chi connectivity index (χ0n) is 10.6. The number of hydrogen-bond acceptors (Lipinski definition) is 4. The summed E-state index contributed by atoms with van der Waals surface area (Å²) in [5.74, 6) is 2.06. The average molecular weight is 247 g/mol. The number of aromatic nitrogens is 2. The van der Waals surface area contributed by atoms with Crippen molar-refractivity contribution in [1.82, 2.24) is 9.97 Å². The van der Waals surface area contributed by atoms with Gasteiger partial charge in [0.25, 0.3) is 0 Å². The second kappa shape index (κ2) is 3.95. The molecule has 0 saturated carbocycles. The average Bonchev–Trinajstić information content (AvgIpc) is 2.86. The zero-order valence-corrected chi connectivity index (χ0v) is 11.4. The van der Waals surface area contributed by atoms with Crippen LogP contribution in [0.1, 0.15) is 29.6 Å². The molecule has 0 aromatic carbocycles. The van der Waals surface area contributed by atoms with Gasteiger partial charge in [-0.25, -0.2) is 9.97 Å². The van der Waals surface area contributed by atoms with Gasteiger partial charge in [-0.2, -0.15) is 0 Å². The molecule has 0 spiro atoms. The van der Waals surface area contributed by atoms with Crippen molar-refractivity contribution in [2.75, 3.05) is 19.0 Å². The molecule has 3 rings (SSSR count). The Morgan fingerprint density at radius 1 is 1.24 bits per heavy atom. The lowest BCUT2D eigenvalue weighted by atomic mass is 10.2. The summed E-state index contributed by atoms with van der Waals surface area (Å²) in [6, 6.07) is 0. The largest absolute Gasteiger partial charge is 0.362 e. The van der Waals surface area contributed by atoms with Crippen LogP contribution in [0.25, 0.3) is 10.2 Å². The number of aryl methyl sites for hydroxylation is 3. The van der Waals surface area contributed by atoms with E-state index >= 15 is 0 Å². The summed E-state index contributed by atoms with van der Waals surface area (Å²) in [5, 5.41) is 1.31. The lowest BCUT2D eigenvalue weighted by Crippen LogP contribution is -2.13. The lowest BCUT2D eigenvalue weighted by Gasteiger charge is -2.14. The first-order valence-corrected chi connectivity index (χ1v) is 7.00. The molecular formula is C13H17N3S. The van der Waals surface area contributed by atoms with Crippen LogP contribution >= 0.6 is 11.3 Å².